The van der Waals surface area contributed by atoms with Crippen LogP contribution in [0, 0.1) is 23.7 Å². The van der Waals surface area contributed by atoms with E-state index in [1.807, 2.05) is 55.4 Å². The normalized spacial score (nSPS) is 24.7. The van der Waals surface area contributed by atoms with Gasteiger partial charge in [-0.25, -0.2) is 23.6 Å². The number of ether oxygens (including phenoxy) is 4. The van der Waals surface area contributed by atoms with Crippen molar-refractivity contribution in [3.63, 3.8) is 0 Å². The number of halogens is 1. The summed E-state index contributed by atoms with van der Waals surface area (Å²) < 4.78 is 38.7. The fourth-order valence-electron chi connectivity index (χ4n) is 8.56. The zero-order valence-electron chi connectivity index (χ0n) is 45.4. The van der Waals surface area contributed by atoms with Gasteiger partial charge in [0.15, 0.2) is 24.4 Å². The molecule has 2 aromatic carbocycles. The summed E-state index contributed by atoms with van der Waals surface area (Å²) in [5, 5.41) is 0. The first-order valence-electron chi connectivity index (χ1n) is 25.2. The average Bonchev–Trinajstić information content (AvgIpc) is 3.30. The molecule has 0 radical (unpaired) electrons. The summed E-state index contributed by atoms with van der Waals surface area (Å²) in [6.45, 7) is 20.2. The summed E-state index contributed by atoms with van der Waals surface area (Å²) in [6.07, 6.45) is -6.05. The number of alkyl halides is 1. The van der Waals surface area contributed by atoms with Crippen molar-refractivity contribution < 1.29 is 61.7 Å². The van der Waals surface area contributed by atoms with Gasteiger partial charge in [0.25, 0.3) is 23.6 Å². The Hall–Kier alpha value is -5.87. The van der Waals surface area contributed by atoms with Crippen LogP contribution >= 0.6 is 0 Å². The lowest BCUT2D eigenvalue weighted by molar-refractivity contribution is -0.176. The van der Waals surface area contributed by atoms with E-state index in [0.29, 0.717) is 16.7 Å². The Morgan fingerprint density at radius 1 is 0.444 bits per heavy atom. The van der Waals surface area contributed by atoms with Gasteiger partial charge in [0.05, 0.1) is 0 Å². The lowest BCUT2D eigenvalue weighted by atomic mass is 9.96. The van der Waals surface area contributed by atoms with Crippen molar-refractivity contribution in [2.75, 3.05) is 28.2 Å². The van der Waals surface area contributed by atoms with Gasteiger partial charge in [0, 0.05) is 41.0 Å². The number of rotatable bonds is 13. The molecule has 4 amide bonds. The first kappa shape index (κ1) is 60.4. The third-order valence-electron chi connectivity index (χ3n) is 12.8. The molecule has 72 heavy (non-hydrogen) atoms. The van der Waals surface area contributed by atoms with E-state index < -0.39 is 102 Å². The molecule has 0 bridgehead atoms. The molecule has 17 heteroatoms. The second kappa shape index (κ2) is 26.7. The second-order valence-corrected chi connectivity index (χ2v) is 21.5. The Balaban J connectivity index is 2.27. The molecule has 8 atom stereocenters. The summed E-state index contributed by atoms with van der Waals surface area (Å²) in [7, 11) is 5.47. The van der Waals surface area contributed by atoms with Crippen molar-refractivity contribution in [1.82, 2.24) is 19.6 Å². The van der Waals surface area contributed by atoms with E-state index in [9.17, 15) is 42.7 Å². The highest BCUT2D eigenvalue weighted by atomic mass is 19.1. The lowest BCUT2D eigenvalue weighted by Gasteiger charge is -2.35. The van der Waals surface area contributed by atoms with Crippen LogP contribution in [-0.2, 0) is 75.8 Å². The summed E-state index contributed by atoms with van der Waals surface area (Å²) >= 11 is 0. The standard InChI is InChI=1S/C55H81FN4O12/c1-32(2)26-41-51(65)69-37(10)48(62)58(14)44(29-35(7)8)54(68)72-46(31-39-22-24-40(25-23-39)55(11,12)56)50(64)60(16)42(27-33(3)4)52(66)70-36(9)47(61)57(13)43(28-34(5)6)53(67)71-45(49(63)59(41)15)30-38-20-18-17-19-21-38/h17-25,32-37,41-46H,26-31H2,1-16H3/t36-,37-,41+,42+,43+,44+,45-,46-/m1/s1. The van der Waals surface area contributed by atoms with Crippen LogP contribution in [0.1, 0.15) is 125 Å². The monoisotopic (exact) mass is 1010 g/mol. The van der Waals surface area contributed by atoms with Crippen molar-refractivity contribution in [3.8, 4) is 0 Å². The van der Waals surface area contributed by atoms with Crippen LogP contribution in [0.4, 0.5) is 4.39 Å². The topological polar surface area (TPSA) is 186 Å². The minimum atomic E-state index is -1.67. The van der Waals surface area contributed by atoms with Gasteiger partial charge in [-0.2, -0.15) is 0 Å². The highest BCUT2D eigenvalue weighted by Crippen LogP contribution is 2.27. The highest BCUT2D eigenvalue weighted by molar-refractivity contribution is 5.94. The van der Waals surface area contributed by atoms with Crippen LogP contribution in [0.25, 0.3) is 0 Å². The molecule has 0 aliphatic carbocycles. The first-order valence-corrected chi connectivity index (χ1v) is 25.2. The fraction of sp³-hybridized carbons (Fsp3) is 0.636. The van der Waals surface area contributed by atoms with Crippen LogP contribution in [0.5, 0.6) is 0 Å². The third kappa shape index (κ3) is 17.1. The average molecular weight is 1010 g/mol. The van der Waals surface area contributed by atoms with Crippen molar-refractivity contribution in [2.24, 2.45) is 23.7 Å². The Morgan fingerprint density at radius 2 is 0.722 bits per heavy atom. The van der Waals surface area contributed by atoms with Crippen LogP contribution in [0.3, 0.4) is 0 Å². The summed E-state index contributed by atoms with van der Waals surface area (Å²) in [6, 6.07) is 10.0. The van der Waals surface area contributed by atoms with Crippen LogP contribution in [0.2, 0.25) is 0 Å². The van der Waals surface area contributed by atoms with E-state index in [1.54, 1.807) is 54.6 Å². The predicted molar refractivity (Wildman–Crippen MR) is 269 cm³/mol. The largest absolute Gasteiger partial charge is 0.451 e. The van der Waals surface area contributed by atoms with Gasteiger partial charge in [0.1, 0.15) is 29.8 Å². The van der Waals surface area contributed by atoms with Gasteiger partial charge >= 0.3 is 23.9 Å². The number of nitrogens with zero attached hydrogens (tertiary/aromatic N) is 4. The van der Waals surface area contributed by atoms with Crippen molar-refractivity contribution in [1.29, 1.82) is 0 Å². The number of likely N-dealkylation sites (N-methyl/N-ethyl adjacent to an activating group) is 4. The zero-order valence-corrected chi connectivity index (χ0v) is 45.4. The molecule has 1 fully saturated rings. The lowest BCUT2D eigenvalue weighted by Crippen LogP contribution is -2.55. The Morgan fingerprint density at radius 3 is 1.01 bits per heavy atom. The Labute approximate surface area is 426 Å². The van der Waals surface area contributed by atoms with Crippen LogP contribution in [0.15, 0.2) is 54.6 Å². The van der Waals surface area contributed by atoms with Crippen LogP contribution < -0.4 is 0 Å². The molecule has 1 heterocycles. The molecule has 400 valence electrons. The summed E-state index contributed by atoms with van der Waals surface area (Å²) in [5.74, 6) is -7.56. The van der Waals surface area contributed by atoms with Gasteiger partial charge in [-0.15, -0.1) is 0 Å². The van der Waals surface area contributed by atoms with E-state index >= 15 is 0 Å². The molecular weight excluding hydrogens is 928 g/mol. The SMILES string of the molecule is CC(C)C[C@H]1C(=O)O[C@H](Cc2ccc(C(C)(C)F)cc2)C(=O)N(C)[C@@H](CC(C)C)C(=O)O[C@H](C)C(=O)N(C)[C@@H](CC(C)C)C(=O)O[C@H](Cc2ccccc2)C(=O)N(C)[C@@H](CC(C)C)C(=O)O[C@H](C)C(=O)N1C. The quantitative estimate of drug-likeness (QED) is 0.150. The molecule has 1 saturated heterocycles. The second-order valence-electron chi connectivity index (χ2n) is 21.5. The summed E-state index contributed by atoms with van der Waals surface area (Å²) in [4.78, 5) is 120. The first-order chi connectivity index (χ1) is 33.4. The minimum absolute atomic E-state index is 0.0637. The molecule has 0 spiro atoms. The number of amides is 4. The number of esters is 4. The summed E-state index contributed by atoms with van der Waals surface area (Å²) in [5.41, 5.74) is -0.174. The fourth-order valence-corrected chi connectivity index (χ4v) is 8.56. The van der Waals surface area contributed by atoms with E-state index in [2.05, 4.69) is 0 Å². The van der Waals surface area contributed by atoms with Crippen molar-refractivity contribution >= 4 is 47.5 Å². The Kier molecular flexibility index (Phi) is 22.4. The molecule has 0 aromatic heterocycles. The van der Waals surface area contributed by atoms with Gasteiger partial charge in [0.2, 0.25) is 0 Å². The molecule has 2 aromatic rings. The maximum absolute atomic E-state index is 14.9. The number of carbonyl (C=O) groups excluding carboxylic acids is 8. The Bertz CT molecular complexity index is 2160. The number of carbonyl (C=O) groups is 8. The molecule has 0 saturated carbocycles. The smallest absolute Gasteiger partial charge is 0.329 e. The molecule has 3 rings (SSSR count). The molecule has 0 N–H and O–H groups in total. The number of benzene rings is 2. The molecule has 16 nitrogen and oxygen atoms in total. The highest BCUT2D eigenvalue weighted by Gasteiger charge is 2.43. The molecule has 0 unspecified atom stereocenters. The maximum Gasteiger partial charge on any atom is 0.329 e. The molecule has 1 aliphatic rings. The van der Waals surface area contributed by atoms with Gasteiger partial charge in [-0.05, 0) is 93.7 Å². The van der Waals surface area contributed by atoms with E-state index in [1.165, 1.54) is 55.9 Å². The van der Waals surface area contributed by atoms with Gasteiger partial charge in [-0.3, -0.25) is 19.2 Å². The molecular formula is C55H81FN4O12. The number of hydrogen-bond donors (Lipinski definition) is 0. The third-order valence-corrected chi connectivity index (χ3v) is 12.8. The van der Waals surface area contributed by atoms with Crippen LogP contribution in [-0.4, -0.2) is 144 Å². The van der Waals surface area contributed by atoms with E-state index in [0.717, 1.165) is 19.6 Å². The maximum atomic E-state index is 14.9. The van der Waals surface area contributed by atoms with Gasteiger partial charge < -0.3 is 38.5 Å². The van der Waals surface area contributed by atoms with Gasteiger partial charge in [-0.1, -0.05) is 110 Å². The number of hydrogen-bond acceptors (Lipinski definition) is 12. The minimum Gasteiger partial charge on any atom is -0.451 e. The number of cyclic esters (lactones) is 4. The van der Waals surface area contributed by atoms with Crippen molar-refractivity contribution in [3.05, 3.63) is 71.3 Å². The van der Waals surface area contributed by atoms with Crippen molar-refractivity contribution in [2.45, 2.75) is 176 Å². The molecule has 1 aliphatic heterocycles. The van der Waals surface area contributed by atoms with E-state index in [4.69, 9.17) is 18.9 Å². The van der Waals surface area contributed by atoms with E-state index in [-0.39, 0.29) is 62.2 Å². The predicted octanol–water partition coefficient (Wildman–Crippen LogP) is 6.87. The zero-order chi connectivity index (χ0) is 54.5.